The van der Waals surface area contributed by atoms with Gasteiger partial charge < -0.3 is 14.5 Å². The van der Waals surface area contributed by atoms with E-state index in [4.69, 9.17) is 16.3 Å². The average molecular weight is 472 g/mol. The first-order valence-electron chi connectivity index (χ1n) is 11.7. The Morgan fingerprint density at radius 2 is 1.70 bits per heavy atom. The summed E-state index contributed by atoms with van der Waals surface area (Å²) in [5.41, 5.74) is 0.837. The van der Waals surface area contributed by atoms with Gasteiger partial charge in [-0.2, -0.15) is 0 Å². The van der Waals surface area contributed by atoms with Crippen LogP contribution in [0.4, 0.5) is 0 Å². The molecule has 33 heavy (non-hydrogen) atoms. The summed E-state index contributed by atoms with van der Waals surface area (Å²) >= 11 is 6.01. The third kappa shape index (κ3) is 6.41. The maximum absolute atomic E-state index is 13.0. The lowest BCUT2D eigenvalue weighted by Crippen LogP contribution is -2.51. The molecule has 0 atom stereocenters. The number of carbonyl (C=O) groups excluding carboxylic acids is 2. The fourth-order valence-corrected chi connectivity index (χ4v) is 4.65. The molecule has 1 aliphatic carbocycles. The zero-order chi connectivity index (χ0) is 23.0. The lowest BCUT2D eigenvalue weighted by molar-refractivity contribution is -0.132. The molecule has 2 aromatic rings. The molecule has 1 saturated carbocycles. The van der Waals surface area contributed by atoms with Crippen LogP contribution in [0.5, 0.6) is 5.75 Å². The number of amides is 2. The Balaban J connectivity index is 1.25. The molecule has 1 saturated heterocycles. The van der Waals surface area contributed by atoms with Gasteiger partial charge in [0.05, 0.1) is 18.7 Å². The largest absolute Gasteiger partial charge is 0.493 e. The van der Waals surface area contributed by atoms with Gasteiger partial charge in [0.15, 0.2) is 5.15 Å². The molecule has 2 amide bonds. The van der Waals surface area contributed by atoms with Gasteiger partial charge in [-0.05, 0) is 18.4 Å². The highest BCUT2D eigenvalue weighted by atomic mass is 35.5. The molecule has 2 aliphatic rings. The highest BCUT2D eigenvalue weighted by Gasteiger charge is 2.26. The molecule has 4 rings (SSSR count). The third-order valence-corrected chi connectivity index (χ3v) is 6.75. The van der Waals surface area contributed by atoms with E-state index in [0.717, 1.165) is 12.3 Å². The van der Waals surface area contributed by atoms with Crippen LogP contribution in [-0.2, 0) is 11.2 Å². The van der Waals surface area contributed by atoms with Crippen molar-refractivity contribution in [3.63, 3.8) is 0 Å². The number of halogens is 1. The van der Waals surface area contributed by atoms with Gasteiger partial charge in [-0.3, -0.25) is 19.6 Å². The SMILES string of the molecule is O=C(Cc1nccnc1Cl)N1CCN(C(=O)c2cc(OCCC3CCCCC3)ccn2)CC1. The van der Waals surface area contributed by atoms with Crippen molar-refractivity contribution in [1.82, 2.24) is 24.8 Å². The van der Waals surface area contributed by atoms with Crippen LogP contribution in [0.2, 0.25) is 5.15 Å². The summed E-state index contributed by atoms with van der Waals surface area (Å²) in [7, 11) is 0. The molecule has 0 N–H and O–H groups in total. The number of aromatic nitrogens is 3. The Morgan fingerprint density at radius 3 is 2.45 bits per heavy atom. The van der Waals surface area contributed by atoms with E-state index >= 15 is 0 Å². The molecule has 176 valence electrons. The zero-order valence-electron chi connectivity index (χ0n) is 18.8. The fourth-order valence-electron chi connectivity index (χ4n) is 4.48. The summed E-state index contributed by atoms with van der Waals surface area (Å²) in [6, 6.07) is 3.52. The second-order valence-corrected chi connectivity index (χ2v) is 9.02. The van der Waals surface area contributed by atoms with Crippen molar-refractivity contribution in [2.24, 2.45) is 5.92 Å². The van der Waals surface area contributed by atoms with Gasteiger partial charge in [0.25, 0.3) is 5.91 Å². The molecule has 2 aromatic heterocycles. The molecule has 8 nitrogen and oxygen atoms in total. The minimum atomic E-state index is -0.142. The van der Waals surface area contributed by atoms with Crippen LogP contribution in [0.25, 0.3) is 0 Å². The molecule has 0 unspecified atom stereocenters. The molecule has 0 bridgehead atoms. The normalized spacial score (nSPS) is 17.1. The van der Waals surface area contributed by atoms with Crippen LogP contribution in [0.1, 0.15) is 54.7 Å². The van der Waals surface area contributed by atoms with Crippen LogP contribution in [-0.4, -0.2) is 69.4 Å². The van der Waals surface area contributed by atoms with E-state index in [0.29, 0.717) is 49.9 Å². The summed E-state index contributed by atoms with van der Waals surface area (Å²) in [6.07, 6.45) is 12.4. The molecular formula is C24H30ClN5O3. The minimum absolute atomic E-state index is 0.0732. The Labute approximate surface area is 199 Å². The number of hydrogen-bond acceptors (Lipinski definition) is 6. The summed E-state index contributed by atoms with van der Waals surface area (Å²) in [6.45, 7) is 2.49. The topological polar surface area (TPSA) is 88.5 Å². The lowest BCUT2D eigenvalue weighted by Gasteiger charge is -2.34. The number of piperazine rings is 1. The fraction of sp³-hybridized carbons (Fsp3) is 0.542. The van der Waals surface area contributed by atoms with Crippen LogP contribution in [0.3, 0.4) is 0 Å². The molecule has 3 heterocycles. The number of carbonyl (C=O) groups is 2. The first-order chi connectivity index (χ1) is 16.1. The summed E-state index contributed by atoms with van der Waals surface area (Å²) in [5.74, 6) is 1.22. The predicted octanol–water partition coefficient (Wildman–Crippen LogP) is 3.40. The highest BCUT2D eigenvalue weighted by Crippen LogP contribution is 2.26. The van der Waals surface area contributed by atoms with Gasteiger partial charge in [-0.25, -0.2) is 4.98 Å². The monoisotopic (exact) mass is 471 g/mol. The molecule has 1 aliphatic heterocycles. The second kappa shape index (κ2) is 11.4. The third-order valence-electron chi connectivity index (χ3n) is 6.43. The van der Waals surface area contributed by atoms with Crippen LogP contribution in [0, 0.1) is 5.92 Å². The average Bonchev–Trinajstić information content (AvgIpc) is 2.86. The Morgan fingerprint density at radius 1 is 0.970 bits per heavy atom. The summed E-state index contributed by atoms with van der Waals surface area (Å²) in [5, 5.41) is 0.242. The van der Waals surface area contributed by atoms with Crippen LogP contribution in [0.15, 0.2) is 30.7 Å². The van der Waals surface area contributed by atoms with Crippen molar-refractivity contribution in [1.29, 1.82) is 0 Å². The van der Waals surface area contributed by atoms with Crippen molar-refractivity contribution in [2.75, 3.05) is 32.8 Å². The molecule has 0 spiro atoms. The Hall–Kier alpha value is -2.74. The van der Waals surface area contributed by atoms with E-state index in [1.54, 1.807) is 28.1 Å². The van der Waals surface area contributed by atoms with Crippen molar-refractivity contribution in [2.45, 2.75) is 44.9 Å². The zero-order valence-corrected chi connectivity index (χ0v) is 19.5. The van der Waals surface area contributed by atoms with Crippen molar-refractivity contribution in [3.05, 3.63) is 47.3 Å². The lowest BCUT2D eigenvalue weighted by atomic mass is 9.87. The number of nitrogens with zero attached hydrogens (tertiary/aromatic N) is 5. The van der Waals surface area contributed by atoms with Gasteiger partial charge in [0.2, 0.25) is 5.91 Å². The number of hydrogen-bond donors (Lipinski definition) is 0. The number of ether oxygens (including phenoxy) is 1. The predicted molar refractivity (Wildman–Crippen MR) is 124 cm³/mol. The summed E-state index contributed by atoms with van der Waals surface area (Å²) in [4.78, 5) is 41.3. The highest BCUT2D eigenvalue weighted by molar-refractivity contribution is 6.30. The maximum Gasteiger partial charge on any atom is 0.272 e. The first-order valence-corrected chi connectivity index (χ1v) is 12.1. The molecule has 0 aromatic carbocycles. The molecule has 2 fully saturated rings. The van der Waals surface area contributed by atoms with Crippen molar-refractivity contribution < 1.29 is 14.3 Å². The minimum Gasteiger partial charge on any atom is -0.493 e. The van der Waals surface area contributed by atoms with Crippen molar-refractivity contribution in [3.8, 4) is 5.75 Å². The van der Waals surface area contributed by atoms with Crippen LogP contribution < -0.4 is 4.74 Å². The number of rotatable bonds is 7. The second-order valence-electron chi connectivity index (χ2n) is 8.66. The Kier molecular flexibility index (Phi) is 8.10. The molecule has 0 radical (unpaired) electrons. The molecular weight excluding hydrogens is 442 g/mol. The maximum atomic E-state index is 13.0. The van der Waals surface area contributed by atoms with Gasteiger partial charge in [-0.1, -0.05) is 43.7 Å². The van der Waals surface area contributed by atoms with Gasteiger partial charge >= 0.3 is 0 Å². The summed E-state index contributed by atoms with van der Waals surface area (Å²) < 4.78 is 5.92. The quantitative estimate of drug-likeness (QED) is 0.615. The van der Waals surface area contributed by atoms with E-state index in [1.165, 1.54) is 44.5 Å². The first kappa shape index (κ1) is 23.4. The van der Waals surface area contributed by atoms with Crippen LogP contribution >= 0.6 is 11.6 Å². The van der Waals surface area contributed by atoms with E-state index in [9.17, 15) is 9.59 Å². The van der Waals surface area contributed by atoms with E-state index in [-0.39, 0.29) is 23.4 Å². The van der Waals surface area contributed by atoms with E-state index < -0.39 is 0 Å². The molecule has 9 heteroatoms. The van der Waals surface area contributed by atoms with Gasteiger partial charge in [-0.15, -0.1) is 0 Å². The Bertz CT molecular complexity index is 959. The smallest absolute Gasteiger partial charge is 0.272 e. The standard InChI is InChI=1S/C24H30ClN5O3/c25-23-20(27-9-10-28-23)17-22(31)29-11-13-30(14-12-29)24(32)21-16-19(6-8-26-21)33-15-7-18-4-2-1-3-5-18/h6,8-10,16,18H,1-5,7,11-15,17H2. The van der Waals surface area contributed by atoms with E-state index in [1.807, 2.05) is 0 Å². The van der Waals surface area contributed by atoms with E-state index in [2.05, 4.69) is 15.0 Å². The van der Waals surface area contributed by atoms with Crippen molar-refractivity contribution >= 4 is 23.4 Å². The van der Waals surface area contributed by atoms with Gasteiger partial charge in [0, 0.05) is 50.8 Å². The van der Waals surface area contributed by atoms with Gasteiger partial charge in [0.1, 0.15) is 11.4 Å². The number of pyridine rings is 1.